The summed E-state index contributed by atoms with van der Waals surface area (Å²) in [5.41, 5.74) is 5.09. The zero-order chi connectivity index (χ0) is 17.1. The van der Waals surface area contributed by atoms with Crippen molar-refractivity contribution in [3.05, 3.63) is 28.5 Å². The van der Waals surface area contributed by atoms with E-state index in [1.54, 1.807) is 13.0 Å². The van der Waals surface area contributed by atoms with Crippen LogP contribution in [0.15, 0.2) is 22.7 Å². The number of nitrogens with two attached hydrogens (primary N) is 1. The zero-order valence-corrected chi connectivity index (χ0v) is 13.9. The molecule has 124 valence electrons. The Morgan fingerprint density at radius 3 is 2.78 bits per heavy atom. The van der Waals surface area contributed by atoms with Gasteiger partial charge >= 0.3 is 6.03 Å². The van der Waals surface area contributed by atoms with E-state index in [9.17, 15) is 18.8 Å². The number of amides is 4. The van der Waals surface area contributed by atoms with Crippen LogP contribution in [0.5, 0.6) is 0 Å². The van der Waals surface area contributed by atoms with Crippen LogP contribution in [0.2, 0.25) is 0 Å². The van der Waals surface area contributed by atoms with E-state index in [-0.39, 0.29) is 24.2 Å². The molecule has 7 nitrogen and oxygen atoms in total. The van der Waals surface area contributed by atoms with E-state index in [2.05, 4.69) is 26.6 Å². The smallest absolute Gasteiger partial charge is 0.319 e. The summed E-state index contributed by atoms with van der Waals surface area (Å²) in [6.45, 7) is 1.57. The van der Waals surface area contributed by atoms with Crippen molar-refractivity contribution in [2.45, 2.75) is 25.4 Å². The van der Waals surface area contributed by atoms with Crippen LogP contribution in [-0.4, -0.2) is 41.4 Å². The lowest BCUT2D eigenvalue weighted by atomic mass is 10.2. The Kier molecular flexibility index (Phi) is 5.19. The summed E-state index contributed by atoms with van der Waals surface area (Å²) in [4.78, 5) is 36.3. The van der Waals surface area contributed by atoms with E-state index in [1.165, 1.54) is 17.0 Å². The normalized spacial score (nSPS) is 20.5. The van der Waals surface area contributed by atoms with Gasteiger partial charge in [-0.05, 0) is 31.5 Å². The third kappa shape index (κ3) is 4.19. The molecule has 4 amide bonds. The van der Waals surface area contributed by atoms with Crippen LogP contribution in [0.1, 0.15) is 13.3 Å². The minimum Gasteiger partial charge on any atom is -0.368 e. The van der Waals surface area contributed by atoms with Crippen molar-refractivity contribution in [3.8, 4) is 0 Å². The number of carbonyl (C=O) groups is 3. The van der Waals surface area contributed by atoms with Crippen molar-refractivity contribution in [1.29, 1.82) is 0 Å². The summed E-state index contributed by atoms with van der Waals surface area (Å²) in [5.74, 6) is -1.61. The molecule has 1 aromatic carbocycles. The molecule has 0 saturated carbocycles. The molecule has 1 heterocycles. The second-order valence-electron chi connectivity index (χ2n) is 5.29. The molecule has 1 saturated heterocycles. The van der Waals surface area contributed by atoms with Gasteiger partial charge in [0, 0.05) is 10.5 Å². The minimum absolute atomic E-state index is 0.00168. The van der Waals surface area contributed by atoms with E-state index >= 15 is 0 Å². The molecule has 23 heavy (non-hydrogen) atoms. The highest BCUT2D eigenvalue weighted by Crippen LogP contribution is 2.21. The number of benzene rings is 1. The second-order valence-corrected chi connectivity index (χ2v) is 6.21. The molecule has 0 aromatic heterocycles. The predicted molar refractivity (Wildman–Crippen MR) is 85.0 cm³/mol. The highest BCUT2D eigenvalue weighted by molar-refractivity contribution is 9.10. The minimum atomic E-state index is -0.775. The van der Waals surface area contributed by atoms with Gasteiger partial charge in [-0.2, -0.15) is 0 Å². The molecule has 1 aliphatic heterocycles. The van der Waals surface area contributed by atoms with Crippen molar-refractivity contribution in [2.75, 3.05) is 11.9 Å². The van der Waals surface area contributed by atoms with Crippen molar-refractivity contribution < 1.29 is 18.8 Å². The summed E-state index contributed by atoms with van der Waals surface area (Å²) in [6.07, 6.45) is 0.350. The van der Waals surface area contributed by atoms with E-state index < -0.39 is 23.8 Å². The summed E-state index contributed by atoms with van der Waals surface area (Å²) in [5, 5.41) is 4.83. The van der Waals surface area contributed by atoms with Crippen LogP contribution in [0.4, 0.5) is 14.9 Å². The molecule has 9 heteroatoms. The Morgan fingerprint density at radius 2 is 2.17 bits per heavy atom. The number of halogens is 2. The van der Waals surface area contributed by atoms with Gasteiger partial charge in [0.05, 0.1) is 12.2 Å². The third-order valence-corrected chi connectivity index (χ3v) is 3.99. The first-order chi connectivity index (χ1) is 10.8. The number of likely N-dealkylation sites (tertiary alicyclic amines) is 1. The first-order valence-corrected chi connectivity index (χ1v) is 7.68. The van der Waals surface area contributed by atoms with Gasteiger partial charge in [0.1, 0.15) is 11.9 Å². The Labute approximate surface area is 140 Å². The fourth-order valence-electron chi connectivity index (χ4n) is 2.42. The second kappa shape index (κ2) is 6.95. The maximum atomic E-state index is 13.7. The standard InChI is InChI=1S/C14H16BrFN4O3/c1-7-4-11(13(22)20(7)6-12(17)21)19-14(23)18-10-3-2-8(15)5-9(10)16/h2-3,5,7,11H,4,6H2,1H3,(H2,17,21)(H2,18,19,23)/t7?,11-/m0/s1. The lowest BCUT2D eigenvalue weighted by molar-refractivity contribution is -0.134. The van der Waals surface area contributed by atoms with Crippen molar-refractivity contribution in [3.63, 3.8) is 0 Å². The van der Waals surface area contributed by atoms with Gasteiger partial charge in [0.15, 0.2) is 0 Å². The van der Waals surface area contributed by atoms with Gasteiger partial charge in [-0.1, -0.05) is 15.9 Å². The first-order valence-electron chi connectivity index (χ1n) is 6.89. The number of anilines is 1. The molecule has 0 spiro atoms. The number of hydrogen-bond acceptors (Lipinski definition) is 3. The largest absolute Gasteiger partial charge is 0.368 e. The van der Waals surface area contributed by atoms with Gasteiger partial charge < -0.3 is 21.3 Å². The first kappa shape index (κ1) is 17.2. The summed E-state index contributed by atoms with van der Waals surface area (Å²) in [6, 6.07) is 2.51. The fraction of sp³-hybridized carbons (Fsp3) is 0.357. The average molecular weight is 387 g/mol. The quantitative estimate of drug-likeness (QED) is 0.723. The van der Waals surface area contributed by atoms with Crippen LogP contribution in [0.25, 0.3) is 0 Å². The molecule has 1 unspecified atom stereocenters. The van der Waals surface area contributed by atoms with E-state index in [0.29, 0.717) is 10.9 Å². The van der Waals surface area contributed by atoms with Crippen molar-refractivity contribution in [1.82, 2.24) is 10.2 Å². The zero-order valence-electron chi connectivity index (χ0n) is 12.3. The molecular formula is C14H16BrFN4O3. The predicted octanol–water partition coefficient (Wildman–Crippen LogP) is 1.18. The Bertz CT molecular complexity index is 655. The molecular weight excluding hydrogens is 371 g/mol. The molecule has 2 rings (SSSR count). The number of nitrogens with one attached hydrogen (secondary N) is 2. The number of hydrogen-bond donors (Lipinski definition) is 3. The molecule has 1 aromatic rings. The third-order valence-electron chi connectivity index (χ3n) is 3.50. The van der Waals surface area contributed by atoms with Gasteiger partial charge in [0.2, 0.25) is 11.8 Å². The molecule has 0 aliphatic carbocycles. The van der Waals surface area contributed by atoms with Crippen LogP contribution < -0.4 is 16.4 Å². The van der Waals surface area contributed by atoms with Gasteiger partial charge in [0.25, 0.3) is 0 Å². The molecule has 1 aliphatic rings. The summed E-state index contributed by atoms with van der Waals surface area (Å²) >= 11 is 3.12. The number of nitrogens with zero attached hydrogens (tertiary/aromatic N) is 1. The number of primary amides is 1. The topological polar surface area (TPSA) is 105 Å². The highest BCUT2D eigenvalue weighted by Gasteiger charge is 2.38. The van der Waals surface area contributed by atoms with Gasteiger partial charge in [-0.25, -0.2) is 9.18 Å². The maximum absolute atomic E-state index is 13.7. The lowest BCUT2D eigenvalue weighted by Crippen LogP contribution is -2.45. The number of rotatable bonds is 4. The van der Waals surface area contributed by atoms with Gasteiger partial charge in [-0.3, -0.25) is 9.59 Å². The van der Waals surface area contributed by atoms with Crippen molar-refractivity contribution >= 4 is 39.5 Å². The monoisotopic (exact) mass is 386 g/mol. The SMILES string of the molecule is CC1C[C@H](NC(=O)Nc2ccc(Br)cc2F)C(=O)N1CC(N)=O. The van der Waals surface area contributed by atoms with Crippen LogP contribution in [0.3, 0.4) is 0 Å². The molecule has 4 N–H and O–H groups in total. The molecule has 0 radical (unpaired) electrons. The van der Waals surface area contributed by atoms with Crippen LogP contribution >= 0.6 is 15.9 Å². The summed E-state index contributed by atoms with van der Waals surface area (Å²) < 4.78 is 14.2. The number of urea groups is 1. The highest BCUT2D eigenvalue weighted by atomic mass is 79.9. The van der Waals surface area contributed by atoms with Crippen LogP contribution in [-0.2, 0) is 9.59 Å². The van der Waals surface area contributed by atoms with E-state index in [0.717, 1.165) is 0 Å². The molecule has 0 bridgehead atoms. The fourth-order valence-corrected chi connectivity index (χ4v) is 2.75. The lowest BCUT2D eigenvalue weighted by Gasteiger charge is -2.19. The Morgan fingerprint density at radius 1 is 1.48 bits per heavy atom. The average Bonchev–Trinajstić information content (AvgIpc) is 2.69. The van der Waals surface area contributed by atoms with Crippen LogP contribution in [0, 0.1) is 5.82 Å². The molecule has 2 atom stereocenters. The van der Waals surface area contributed by atoms with E-state index in [1.807, 2.05) is 0 Å². The van der Waals surface area contributed by atoms with Gasteiger partial charge in [-0.15, -0.1) is 0 Å². The van der Waals surface area contributed by atoms with E-state index in [4.69, 9.17) is 5.73 Å². The van der Waals surface area contributed by atoms with Crippen molar-refractivity contribution in [2.24, 2.45) is 5.73 Å². The Hall–Kier alpha value is -2.16. The Balaban J connectivity index is 1.98. The number of carbonyl (C=O) groups excluding carboxylic acids is 3. The summed E-state index contributed by atoms with van der Waals surface area (Å²) in [7, 11) is 0. The molecule has 1 fully saturated rings. The maximum Gasteiger partial charge on any atom is 0.319 e.